The van der Waals surface area contributed by atoms with Crippen LogP contribution in [0.4, 0.5) is 0 Å². The van der Waals surface area contributed by atoms with Gasteiger partial charge in [-0.05, 0) is 31.1 Å². The van der Waals surface area contributed by atoms with Crippen LogP contribution in [0.15, 0.2) is 0 Å². The maximum absolute atomic E-state index is 3.49. The van der Waals surface area contributed by atoms with E-state index in [-0.39, 0.29) is 0 Å². The van der Waals surface area contributed by atoms with Crippen LogP contribution in [0.2, 0.25) is 0 Å². The van der Waals surface area contributed by atoms with Gasteiger partial charge < -0.3 is 0 Å². The van der Waals surface area contributed by atoms with Crippen LogP contribution in [0, 0.1) is 11.3 Å². The first-order valence-corrected chi connectivity index (χ1v) is 4.90. The summed E-state index contributed by atoms with van der Waals surface area (Å²) in [4.78, 5) is 0. The van der Waals surface area contributed by atoms with Crippen molar-refractivity contribution in [1.29, 1.82) is 0 Å². The summed E-state index contributed by atoms with van der Waals surface area (Å²) in [5, 5.41) is 0. The molecule has 0 aromatic carbocycles. The van der Waals surface area contributed by atoms with E-state index in [1.165, 1.54) is 32.1 Å². The zero-order chi connectivity index (χ0) is 7.10. The van der Waals surface area contributed by atoms with Gasteiger partial charge in [0.15, 0.2) is 0 Å². The Hall–Kier alpha value is -0.0800. The number of nitrogens with one attached hydrogen (secondary N) is 2. The van der Waals surface area contributed by atoms with E-state index >= 15 is 0 Å². The fourth-order valence-corrected chi connectivity index (χ4v) is 3.66. The van der Waals surface area contributed by atoms with Crippen molar-refractivity contribution in [1.82, 2.24) is 10.9 Å². The molecule has 60 valence electrons. The average Bonchev–Trinajstić information content (AvgIpc) is 2.66. The summed E-state index contributed by atoms with van der Waals surface area (Å²) in [6, 6.07) is 0.874. The predicted molar refractivity (Wildman–Crippen MR) is 41.8 cm³/mol. The van der Waals surface area contributed by atoms with E-state index in [0.717, 1.165) is 17.4 Å². The third kappa shape index (κ3) is 0.411. The molecule has 0 aromatic rings. The molecule has 0 aromatic heterocycles. The zero-order valence-corrected chi connectivity index (χ0v) is 6.69. The smallest absolute Gasteiger partial charge is 0.0374 e. The molecule has 1 heterocycles. The number of rotatable bonds is 0. The van der Waals surface area contributed by atoms with Crippen LogP contribution in [0.5, 0.6) is 0 Å². The molecule has 2 N–H and O–H groups in total. The van der Waals surface area contributed by atoms with Crippen LogP contribution in [-0.2, 0) is 0 Å². The minimum absolute atomic E-state index is 0.602. The molecule has 2 spiro atoms. The first-order valence-electron chi connectivity index (χ1n) is 4.90. The third-order valence-electron chi connectivity index (χ3n) is 4.61. The topological polar surface area (TPSA) is 24.1 Å². The molecule has 0 bridgehead atoms. The quantitative estimate of drug-likeness (QED) is 0.533. The van der Waals surface area contributed by atoms with Crippen LogP contribution < -0.4 is 10.9 Å². The van der Waals surface area contributed by atoms with E-state index in [1.54, 1.807) is 0 Å². The van der Waals surface area contributed by atoms with E-state index in [4.69, 9.17) is 0 Å². The highest BCUT2D eigenvalue weighted by molar-refractivity contribution is 5.33. The van der Waals surface area contributed by atoms with Gasteiger partial charge in [0.05, 0.1) is 0 Å². The normalized spacial score (nSPS) is 52.4. The zero-order valence-electron chi connectivity index (χ0n) is 6.69. The monoisotopic (exact) mass is 150 g/mol. The first kappa shape index (κ1) is 5.55. The molecule has 3 saturated carbocycles. The average molecular weight is 150 g/mol. The van der Waals surface area contributed by atoms with Crippen LogP contribution in [0.1, 0.15) is 32.1 Å². The molecule has 0 radical (unpaired) electrons. The van der Waals surface area contributed by atoms with Gasteiger partial charge in [-0.3, -0.25) is 10.9 Å². The van der Waals surface area contributed by atoms with E-state index in [9.17, 15) is 0 Å². The molecule has 4 aliphatic rings. The molecule has 11 heavy (non-hydrogen) atoms. The molecular weight excluding hydrogens is 136 g/mol. The summed E-state index contributed by atoms with van der Waals surface area (Å²) in [5.74, 6) is 1.03. The molecule has 2 heteroatoms. The standard InChI is InChI=1S/C9H14N2/c1-2-8(3-1)6-7(8)10-11-9(6)4-5-9/h6-7,10-11H,1-5H2. The largest absolute Gasteiger partial charge is 0.253 e. The van der Waals surface area contributed by atoms with Gasteiger partial charge in [-0.15, -0.1) is 0 Å². The van der Waals surface area contributed by atoms with E-state index in [1.807, 2.05) is 0 Å². The lowest BCUT2D eigenvalue weighted by molar-refractivity contribution is 0.190. The summed E-state index contributed by atoms with van der Waals surface area (Å²) < 4.78 is 0. The maximum atomic E-state index is 3.49. The van der Waals surface area contributed by atoms with Crippen molar-refractivity contribution in [2.24, 2.45) is 11.3 Å². The highest BCUT2D eigenvalue weighted by atomic mass is 15.5. The van der Waals surface area contributed by atoms with Crippen LogP contribution in [0.3, 0.4) is 0 Å². The Kier molecular flexibility index (Phi) is 0.641. The first-order chi connectivity index (χ1) is 5.38. The summed E-state index contributed by atoms with van der Waals surface area (Å²) in [5.41, 5.74) is 8.38. The van der Waals surface area contributed by atoms with Gasteiger partial charge in [-0.25, -0.2) is 0 Å². The van der Waals surface area contributed by atoms with Gasteiger partial charge in [-0.2, -0.15) is 0 Å². The fourth-order valence-electron chi connectivity index (χ4n) is 3.66. The van der Waals surface area contributed by atoms with Crippen LogP contribution in [0.25, 0.3) is 0 Å². The van der Waals surface area contributed by atoms with Crippen molar-refractivity contribution in [2.75, 3.05) is 0 Å². The fraction of sp³-hybridized carbons (Fsp3) is 1.00. The lowest BCUT2D eigenvalue weighted by Gasteiger charge is -2.32. The second-order valence-corrected chi connectivity index (χ2v) is 4.97. The van der Waals surface area contributed by atoms with Crippen molar-refractivity contribution in [3.63, 3.8) is 0 Å². The predicted octanol–water partition coefficient (Wildman–Crippen LogP) is 0.795. The van der Waals surface area contributed by atoms with Gasteiger partial charge in [0.25, 0.3) is 0 Å². The van der Waals surface area contributed by atoms with Crippen molar-refractivity contribution in [3.05, 3.63) is 0 Å². The Morgan fingerprint density at radius 2 is 1.91 bits per heavy atom. The summed E-state index contributed by atoms with van der Waals surface area (Å²) in [6.45, 7) is 0. The maximum Gasteiger partial charge on any atom is 0.0374 e. The van der Waals surface area contributed by atoms with Crippen molar-refractivity contribution >= 4 is 0 Å². The SMILES string of the molecule is C1CC2(C1)C1NNC3(CC3)C12. The van der Waals surface area contributed by atoms with Gasteiger partial charge >= 0.3 is 0 Å². The second kappa shape index (κ2) is 1.27. The van der Waals surface area contributed by atoms with Crippen molar-refractivity contribution in [3.8, 4) is 0 Å². The molecule has 2 nitrogen and oxygen atoms in total. The van der Waals surface area contributed by atoms with Gasteiger partial charge in [0.2, 0.25) is 0 Å². The molecule has 3 aliphatic carbocycles. The van der Waals surface area contributed by atoms with Gasteiger partial charge in [-0.1, -0.05) is 6.42 Å². The molecule has 4 fully saturated rings. The summed E-state index contributed by atoms with van der Waals surface area (Å²) in [6.07, 6.45) is 7.38. The highest BCUT2D eigenvalue weighted by Crippen LogP contribution is 2.74. The van der Waals surface area contributed by atoms with E-state index in [2.05, 4.69) is 10.9 Å². The molecule has 0 amide bonds. The number of hydrazine groups is 1. The van der Waals surface area contributed by atoms with Crippen LogP contribution >= 0.6 is 0 Å². The Labute approximate surface area is 66.7 Å². The van der Waals surface area contributed by atoms with Gasteiger partial charge in [0.1, 0.15) is 0 Å². The van der Waals surface area contributed by atoms with Crippen molar-refractivity contribution in [2.45, 2.75) is 43.7 Å². The number of fused-ring (bicyclic) bond motifs is 4. The Balaban J connectivity index is 1.73. The van der Waals surface area contributed by atoms with Crippen LogP contribution in [-0.4, -0.2) is 11.6 Å². The minimum atomic E-state index is 0.602. The molecule has 1 aliphatic heterocycles. The molecule has 2 atom stereocenters. The Morgan fingerprint density at radius 1 is 1.09 bits per heavy atom. The molecule has 4 rings (SSSR count). The van der Waals surface area contributed by atoms with Crippen molar-refractivity contribution < 1.29 is 0 Å². The van der Waals surface area contributed by atoms with Gasteiger partial charge in [0, 0.05) is 17.5 Å². The minimum Gasteiger partial charge on any atom is -0.253 e. The Bertz CT molecular complexity index is 228. The number of hydrogen-bond acceptors (Lipinski definition) is 2. The number of hydrogen-bond donors (Lipinski definition) is 2. The lowest BCUT2D eigenvalue weighted by atomic mass is 9.77. The lowest BCUT2D eigenvalue weighted by Crippen LogP contribution is -2.44. The molecule has 2 unspecified atom stereocenters. The second-order valence-electron chi connectivity index (χ2n) is 4.97. The highest BCUT2D eigenvalue weighted by Gasteiger charge is 2.79. The molecular formula is C9H14N2. The van der Waals surface area contributed by atoms with E-state index in [0.29, 0.717) is 5.54 Å². The summed E-state index contributed by atoms with van der Waals surface area (Å²) in [7, 11) is 0. The Morgan fingerprint density at radius 3 is 2.36 bits per heavy atom. The molecule has 1 saturated heterocycles. The third-order valence-corrected chi connectivity index (χ3v) is 4.61. The van der Waals surface area contributed by atoms with E-state index < -0.39 is 0 Å². The summed E-state index contributed by atoms with van der Waals surface area (Å²) >= 11 is 0.